The van der Waals surface area contributed by atoms with E-state index in [0.717, 1.165) is 12.2 Å². The zero-order valence-corrected chi connectivity index (χ0v) is 39.1. The first-order valence-corrected chi connectivity index (χ1v) is 26.8. The van der Waals surface area contributed by atoms with Crippen LogP contribution in [0.2, 0.25) is 0 Å². The quantitative estimate of drug-likeness (QED) is 0.0319. The number of ether oxygens (including phenoxy) is 4. The SMILES string of the molecule is [B][C@H]1C[C@@H](OP(=O)(OCCCSSCCCOC)OCC[N+]#[C-])[C@@H](COP(=O)(OCC[N+]#[C-])O[C@@H]2C[C@H]([B])OC[C@@H]2COP(=O)(OCC[N+]#[C-])O[C@@H]2C[C@H]([B])OC[C@@H]2CO)CO1. The van der Waals surface area contributed by atoms with E-state index in [4.69, 9.17) is 103 Å². The zero-order valence-electron chi connectivity index (χ0n) is 34.8. The van der Waals surface area contributed by atoms with E-state index in [1.807, 2.05) is 0 Å². The number of phosphoric acid groups is 3. The van der Waals surface area contributed by atoms with Crippen molar-refractivity contribution in [2.45, 2.75) is 68.4 Å². The number of methoxy groups -OCH3 is 1. The fraction of sp³-hybridized carbons (Fsp3) is 0.912. The standard InChI is InChI=1S/C34H55B3N3O17P3S2/c1-38-7-12-50-58(42,49-11-6-16-62-61-15-5-10-45-4)56-30-18-33(36)47-22-27(30)24-54-60(44,52-14-9-40-3)57-31-19-34(37)48-23-28(31)25-53-59(43,51-13-8-39-2)55-29-17-32(35)46-21-26(29)20-41/h26-34,41H,5-25H2,4H3/t26-,27+,28+,29+,30+,31+,32+,33+,34+,58?,59?,60?/m0/s1. The Morgan fingerprint density at radius 3 is 1.32 bits per heavy atom. The first-order chi connectivity index (χ1) is 29.8. The molecular formula is C34H55B3N3O17P3S2. The summed E-state index contributed by atoms with van der Waals surface area (Å²) in [6.45, 7) is 19.4. The number of aliphatic hydroxyl groups excluding tert-OH is 1. The van der Waals surface area contributed by atoms with Crippen LogP contribution in [0, 0.1) is 37.5 Å². The van der Waals surface area contributed by atoms with Gasteiger partial charge in [0.25, 0.3) is 0 Å². The van der Waals surface area contributed by atoms with Crippen LogP contribution in [0.1, 0.15) is 32.1 Å². The molecule has 0 amide bonds. The summed E-state index contributed by atoms with van der Waals surface area (Å²) in [4.78, 5) is 9.70. The summed E-state index contributed by atoms with van der Waals surface area (Å²) in [6.07, 6.45) is -1.44. The summed E-state index contributed by atoms with van der Waals surface area (Å²) in [6, 6.07) is -2.48. The molecule has 3 aliphatic rings. The van der Waals surface area contributed by atoms with Crippen molar-refractivity contribution >= 4 is 68.6 Å². The number of hydrogen-bond acceptors (Lipinski definition) is 19. The molecule has 1 N–H and O–H groups in total. The molecule has 20 nitrogen and oxygen atoms in total. The fourth-order valence-electron chi connectivity index (χ4n) is 5.84. The average Bonchev–Trinajstić information content (AvgIpc) is 3.23. The van der Waals surface area contributed by atoms with E-state index in [0.29, 0.717) is 18.8 Å². The Bertz CT molecular complexity index is 1570. The highest BCUT2D eigenvalue weighted by molar-refractivity contribution is 8.76. The minimum Gasteiger partial charge on any atom is -0.396 e. The second-order valence-corrected chi connectivity index (χ2v) is 21.5. The van der Waals surface area contributed by atoms with Gasteiger partial charge in [0.05, 0.1) is 64.6 Å². The number of rotatable bonds is 32. The summed E-state index contributed by atoms with van der Waals surface area (Å²) < 4.78 is 116. The Morgan fingerprint density at radius 1 is 0.581 bits per heavy atom. The third-order valence-electron chi connectivity index (χ3n) is 9.10. The topological polar surface area (TPSA) is 205 Å². The third kappa shape index (κ3) is 21.4. The van der Waals surface area contributed by atoms with E-state index in [-0.39, 0.29) is 91.8 Å². The second kappa shape index (κ2) is 30.7. The highest BCUT2D eigenvalue weighted by atomic mass is 33.1. The summed E-state index contributed by atoms with van der Waals surface area (Å²) >= 11 is 0. The van der Waals surface area contributed by atoms with Crippen LogP contribution in [0.25, 0.3) is 14.5 Å². The second-order valence-electron chi connectivity index (χ2n) is 14.0. The lowest BCUT2D eigenvalue weighted by Crippen LogP contribution is -2.42. The number of phosphoric ester groups is 3. The maximum Gasteiger partial charge on any atom is 0.475 e. The highest BCUT2D eigenvalue weighted by Crippen LogP contribution is 2.56. The van der Waals surface area contributed by atoms with Gasteiger partial charge in [0.2, 0.25) is 19.6 Å². The normalized spacial score (nSPS) is 29.6. The summed E-state index contributed by atoms with van der Waals surface area (Å²) in [5, 5.41) is 9.88. The zero-order chi connectivity index (χ0) is 45.3. The van der Waals surface area contributed by atoms with Crippen molar-refractivity contribution < 1.29 is 78.5 Å². The lowest BCUT2D eigenvalue weighted by Gasteiger charge is -2.38. The van der Waals surface area contributed by atoms with Gasteiger partial charge >= 0.3 is 23.5 Å². The van der Waals surface area contributed by atoms with Gasteiger partial charge in [-0.3, -0.25) is 40.7 Å². The van der Waals surface area contributed by atoms with Crippen molar-refractivity contribution in [3.63, 3.8) is 0 Å². The Hall–Kier alpha value is -0.505. The molecule has 0 aromatic carbocycles. The van der Waals surface area contributed by atoms with Crippen LogP contribution in [0.3, 0.4) is 0 Å². The van der Waals surface area contributed by atoms with E-state index in [9.17, 15) is 18.8 Å². The van der Waals surface area contributed by atoms with E-state index in [1.165, 1.54) is 0 Å². The number of aliphatic hydroxyl groups is 1. The minimum absolute atomic E-state index is 0.0123. The molecule has 0 saturated carbocycles. The molecule has 0 bridgehead atoms. The molecule has 0 spiro atoms. The summed E-state index contributed by atoms with van der Waals surface area (Å²) in [5.41, 5.74) is 0. The van der Waals surface area contributed by atoms with Gasteiger partial charge in [-0.25, -0.2) is 33.4 Å². The Kier molecular flexibility index (Phi) is 27.7. The average molecular weight is 967 g/mol. The minimum atomic E-state index is -4.58. The molecule has 3 aliphatic heterocycles. The molecule has 3 heterocycles. The first kappa shape index (κ1) is 55.8. The summed E-state index contributed by atoms with van der Waals surface area (Å²) in [5.74, 6) is -0.579. The molecular weight excluding hydrogens is 912 g/mol. The third-order valence-corrected chi connectivity index (χ3v) is 16.2. The maximum atomic E-state index is 14.4. The molecule has 0 aliphatic carbocycles. The van der Waals surface area contributed by atoms with Gasteiger partial charge in [0.15, 0.2) is 0 Å². The number of nitrogens with zero attached hydrogens (tertiary/aromatic N) is 3. The van der Waals surface area contributed by atoms with Crippen LogP contribution in [-0.2, 0) is 73.4 Å². The molecule has 344 valence electrons. The molecule has 28 heteroatoms. The first-order valence-electron chi connectivity index (χ1n) is 20.0. The molecule has 0 aromatic rings. The van der Waals surface area contributed by atoms with Crippen molar-refractivity contribution in [1.82, 2.24) is 0 Å². The van der Waals surface area contributed by atoms with Gasteiger partial charge in [-0.05, 0) is 32.1 Å². The van der Waals surface area contributed by atoms with Crippen molar-refractivity contribution in [2.24, 2.45) is 17.8 Å². The van der Waals surface area contributed by atoms with Crippen molar-refractivity contribution in [1.29, 1.82) is 0 Å². The van der Waals surface area contributed by atoms with E-state index in [1.54, 1.807) is 28.7 Å². The predicted molar refractivity (Wildman–Crippen MR) is 231 cm³/mol. The Labute approximate surface area is 377 Å². The summed E-state index contributed by atoms with van der Waals surface area (Å²) in [7, 11) is 9.83. The van der Waals surface area contributed by atoms with Gasteiger partial charge in [0, 0.05) is 61.0 Å². The largest absolute Gasteiger partial charge is 0.475 e. The van der Waals surface area contributed by atoms with E-state index in [2.05, 4.69) is 14.5 Å². The molecule has 3 unspecified atom stereocenters. The van der Waals surface area contributed by atoms with Crippen LogP contribution in [-0.4, -0.2) is 176 Å². The predicted octanol–water partition coefficient (Wildman–Crippen LogP) is 4.72. The Morgan fingerprint density at radius 2 is 0.935 bits per heavy atom. The Balaban J connectivity index is 1.73. The fourth-order valence-corrected chi connectivity index (χ4v) is 12.3. The van der Waals surface area contributed by atoms with Gasteiger partial charge in [0.1, 0.15) is 43.4 Å². The molecule has 3 saturated heterocycles. The smallest absolute Gasteiger partial charge is 0.396 e. The molecule has 0 aromatic heterocycles. The van der Waals surface area contributed by atoms with Crippen LogP contribution >= 0.6 is 45.1 Å². The maximum absolute atomic E-state index is 14.4. The lowest BCUT2D eigenvalue weighted by molar-refractivity contribution is -0.0882. The number of hydrogen-bond donors (Lipinski definition) is 1. The van der Waals surface area contributed by atoms with Crippen LogP contribution in [0.5, 0.6) is 0 Å². The molecule has 3 rings (SSSR count). The molecule has 6 radical (unpaired) electrons. The van der Waals surface area contributed by atoms with Crippen molar-refractivity contribution in [2.75, 3.05) is 111 Å². The monoisotopic (exact) mass is 967 g/mol. The molecule has 62 heavy (non-hydrogen) atoms. The van der Waals surface area contributed by atoms with Crippen LogP contribution in [0.15, 0.2) is 0 Å². The van der Waals surface area contributed by atoms with Crippen molar-refractivity contribution in [3.05, 3.63) is 34.3 Å². The van der Waals surface area contributed by atoms with Crippen molar-refractivity contribution in [3.8, 4) is 0 Å². The van der Waals surface area contributed by atoms with E-state index < -0.39 is 90.8 Å². The van der Waals surface area contributed by atoms with Gasteiger partial charge in [-0.15, -0.1) is 0 Å². The van der Waals surface area contributed by atoms with E-state index >= 15 is 0 Å². The van der Waals surface area contributed by atoms with Crippen LogP contribution < -0.4 is 0 Å². The van der Waals surface area contributed by atoms with Gasteiger partial charge in [-0.1, -0.05) is 21.6 Å². The van der Waals surface area contributed by atoms with Crippen LogP contribution in [0.4, 0.5) is 0 Å². The molecule has 3 fully saturated rings. The molecule has 12 atom stereocenters. The van der Waals surface area contributed by atoms with Gasteiger partial charge < -0.3 is 38.6 Å². The lowest BCUT2D eigenvalue weighted by atomic mass is 9.86. The highest BCUT2D eigenvalue weighted by Gasteiger charge is 2.44. The van der Waals surface area contributed by atoms with Gasteiger partial charge in [-0.2, -0.15) is 0 Å².